The first kappa shape index (κ1) is 14.1. The van der Waals surface area contributed by atoms with Crippen molar-refractivity contribution in [2.75, 3.05) is 23.4 Å². The Hall–Kier alpha value is -1.36. The predicted molar refractivity (Wildman–Crippen MR) is 79.1 cm³/mol. The molecule has 1 fully saturated rings. The molecule has 1 aromatic heterocycles. The number of aromatic nitrogens is 2. The standard InChI is InChI=1S/C14H25N5/c1-3-5-12-13(18-15)16-10-17-14(12)19(8-4-2)9-11-6-7-11/h10-11H,3-9,15H2,1-2H3,(H,16,17,18). The molecular formula is C14H25N5. The van der Waals surface area contributed by atoms with Gasteiger partial charge in [0, 0.05) is 18.7 Å². The van der Waals surface area contributed by atoms with Gasteiger partial charge in [0.25, 0.3) is 0 Å². The average molecular weight is 263 g/mol. The summed E-state index contributed by atoms with van der Waals surface area (Å²) in [5.74, 6) is 8.27. The molecule has 0 radical (unpaired) electrons. The van der Waals surface area contributed by atoms with Gasteiger partial charge in [-0.05, 0) is 31.6 Å². The van der Waals surface area contributed by atoms with Gasteiger partial charge in [0.05, 0.1) is 0 Å². The zero-order valence-electron chi connectivity index (χ0n) is 12.0. The van der Waals surface area contributed by atoms with Gasteiger partial charge in [0.1, 0.15) is 18.0 Å². The van der Waals surface area contributed by atoms with Gasteiger partial charge >= 0.3 is 0 Å². The van der Waals surface area contributed by atoms with Crippen LogP contribution in [0.4, 0.5) is 11.6 Å². The lowest BCUT2D eigenvalue weighted by atomic mass is 10.1. The molecule has 0 aromatic carbocycles. The molecule has 0 aliphatic heterocycles. The Kier molecular flexibility index (Phi) is 4.96. The summed E-state index contributed by atoms with van der Waals surface area (Å²) < 4.78 is 0. The molecule has 0 saturated heterocycles. The third kappa shape index (κ3) is 3.56. The van der Waals surface area contributed by atoms with Crippen molar-refractivity contribution in [2.24, 2.45) is 11.8 Å². The monoisotopic (exact) mass is 263 g/mol. The normalized spacial score (nSPS) is 14.5. The van der Waals surface area contributed by atoms with Crippen LogP contribution in [0.1, 0.15) is 45.1 Å². The topological polar surface area (TPSA) is 67.1 Å². The lowest BCUT2D eigenvalue weighted by Gasteiger charge is -2.26. The predicted octanol–water partition coefficient (Wildman–Crippen LogP) is 2.34. The molecular weight excluding hydrogens is 238 g/mol. The first-order chi connectivity index (χ1) is 9.30. The summed E-state index contributed by atoms with van der Waals surface area (Å²) in [7, 11) is 0. The highest BCUT2D eigenvalue weighted by atomic mass is 15.3. The van der Waals surface area contributed by atoms with Gasteiger partial charge in [-0.2, -0.15) is 0 Å². The second-order valence-electron chi connectivity index (χ2n) is 5.31. The summed E-state index contributed by atoms with van der Waals surface area (Å²) in [6.45, 7) is 6.55. The van der Waals surface area contributed by atoms with Gasteiger partial charge in [0.15, 0.2) is 0 Å². The third-order valence-corrected chi connectivity index (χ3v) is 3.53. The van der Waals surface area contributed by atoms with Crippen LogP contribution in [0.5, 0.6) is 0 Å². The molecule has 0 amide bonds. The number of hydrogen-bond donors (Lipinski definition) is 2. The van der Waals surface area contributed by atoms with Crippen molar-refractivity contribution in [3.63, 3.8) is 0 Å². The fourth-order valence-corrected chi connectivity index (χ4v) is 2.45. The smallest absolute Gasteiger partial charge is 0.148 e. The zero-order valence-corrected chi connectivity index (χ0v) is 12.0. The fourth-order valence-electron chi connectivity index (χ4n) is 2.45. The van der Waals surface area contributed by atoms with E-state index in [1.807, 2.05) is 0 Å². The molecule has 0 unspecified atom stereocenters. The van der Waals surface area contributed by atoms with Gasteiger partial charge < -0.3 is 10.3 Å². The van der Waals surface area contributed by atoms with Crippen molar-refractivity contribution in [3.05, 3.63) is 11.9 Å². The average Bonchev–Trinajstić information content (AvgIpc) is 3.23. The minimum Gasteiger partial charge on any atom is -0.356 e. The lowest BCUT2D eigenvalue weighted by molar-refractivity contribution is 0.691. The number of hydrogen-bond acceptors (Lipinski definition) is 5. The van der Waals surface area contributed by atoms with E-state index >= 15 is 0 Å². The Labute approximate surface area is 115 Å². The maximum atomic E-state index is 5.58. The molecule has 106 valence electrons. The molecule has 0 bridgehead atoms. The van der Waals surface area contributed by atoms with E-state index in [0.717, 1.165) is 55.5 Å². The first-order valence-electron chi connectivity index (χ1n) is 7.35. The van der Waals surface area contributed by atoms with E-state index in [1.54, 1.807) is 6.33 Å². The second-order valence-corrected chi connectivity index (χ2v) is 5.31. The van der Waals surface area contributed by atoms with Crippen LogP contribution < -0.4 is 16.2 Å². The van der Waals surface area contributed by atoms with E-state index in [4.69, 9.17) is 5.84 Å². The molecule has 0 atom stereocenters. The third-order valence-electron chi connectivity index (χ3n) is 3.53. The Bertz CT molecular complexity index is 403. The number of rotatable bonds is 8. The Morgan fingerprint density at radius 3 is 2.68 bits per heavy atom. The van der Waals surface area contributed by atoms with E-state index in [1.165, 1.54) is 12.8 Å². The highest BCUT2D eigenvalue weighted by Crippen LogP contribution is 2.33. The molecule has 2 rings (SSSR count). The van der Waals surface area contributed by atoms with Crippen molar-refractivity contribution in [1.29, 1.82) is 0 Å². The van der Waals surface area contributed by atoms with Crippen LogP contribution in [0, 0.1) is 5.92 Å². The van der Waals surface area contributed by atoms with Crippen LogP contribution in [0.15, 0.2) is 6.33 Å². The van der Waals surface area contributed by atoms with Gasteiger partial charge in [-0.15, -0.1) is 0 Å². The van der Waals surface area contributed by atoms with Crippen molar-refractivity contribution < 1.29 is 0 Å². The van der Waals surface area contributed by atoms with Crippen LogP contribution in [-0.4, -0.2) is 23.1 Å². The van der Waals surface area contributed by atoms with E-state index < -0.39 is 0 Å². The number of nitrogens with one attached hydrogen (secondary N) is 1. The van der Waals surface area contributed by atoms with Gasteiger partial charge in [-0.3, -0.25) is 0 Å². The number of anilines is 2. The highest BCUT2D eigenvalue weighted by molar-refractivity contribution is 5.58. The van der Waals surface area contributed by atoms with E-state index in [2.05, 4.69) is 34.1 Å². The Morgan fingerprint density at radius 1 is 1.32 bits per heavy atom. The molecule has 1 aliphatic carbocycles. The molecule has 19 heavy (non-hydrogen) atoms. The first-order valence-corrected chi connectivity index (χ1v) is 7.35. The van der Waals surface area contributed by atoms with E-state index in [0.29, 0.717) is 0 Å². The quantitative estimate of drug-likeness (QED) is 0.556. The minimum absolute atomic E-state index is 0.767. The lowest BCUT2D eigenvalue weighted by Crippen LogP contribution is -2.29. The largest absolute Gasteiger partial charge is 0.356 e. The van der Waals surface area contributed by atoms with Crippen LogP contribution in [0.3, 0.4) is 0 Å². The summed E-state index contributed by atoms with van der Waals surface area (Å²) in [6, 6.07) is 0. The molecule has 0 spiro atoms. The molecule has 1 heterocycles. The summed E-state index contributed by atoms with van der Waals surface area (Å²) in [4.78, 5) is 11.2. The van der Waals surface area contributed by atoms with Crippen LogP contribution in [0.25, 0.3) is 0 Å². The number of nitrogen functional groups attached to an aromatic ring is 1. The van der Waals surface area contributed by atoms with Crippen LogP contribution in [0.2, 0.25) is 0 Å². The minimum atomic E-state index is 0.767. The van der Waals surface area contributed by atoms with Crippen molar-refractivity contribution >= 4 is 11.6 Å². The molecule has 1 saturated carbocycles. The maximum absolute atomic E-state index is 5.58. The van der Waals surface area contributed by atoms with Crippen LogP contribution in [-0.2, 0) is 6.42 Å². The Balaban J connectivity index is 2.27. The molecule has 5 nitrogen and oxygen atoms in total. The van der Waals surface area contributed by atoms with Crippen LogP contribution >= 0.6 is 0 Å². The fraction of sp³-hybridized carbons (Fsp3) is 0.714. The molecule has 5 heteroatoms. The van der Waals surface area contributed by atoms with Crippen molar-refractivity contribution in [1.82, 2.24) is 9.97 Å². The van der Waals surface area contributed by atoms with E-state index in [9.17, 15) is 0 Å². The highest BCUT2D eigenvalue weighted by Gasteiger charge is 2.26. The second kappa shape index (κ2) is 6.70. The summed E-state index contributed by atoms with van der Waals surface area (Å²) in [5, 5.41) is 0. The van der Waals surface area contributed by atoms with Crippen molar-refractivity contribution in [3.8, 4) is 0 Å². The number of hydrazine groups is 1. The summed E-state index contributed by atoms with van der Waals surface area (Å²) in [5.41, 5.74) is 3.86. The van der Waals surface area contributed by atoms with Gasteiger partial charge in [-0.1, -0.05) is 20.3 Å². The van der Waals surface area contributed by atoms with Gasteiger partial charge in [0.2, 0.25) is 0 Å². The maximum Gasteiger partial charge on any atom is 0.148 e. The zero-order chi connectivity index (χ0) is 13.7. The van der Waals surface area contributed by atoms with Crippen molar-refractivity contribution in [2.45, 2.75) is 46.0 Å². The molecule has 3 N–H and O–H groups in total. The summed E-state index contributed by atoms with van der Waals surface area (Å²) in [6.07, 6.45) is 7.48. The Morgan fingerprint density at radius 2 is 2.11 bits per heavy atom. The molecule has 1 aliphatic rings. The summed E-state index contributed by atoms with van der Waals surface area (Å²) >= 11 is 0. The number of nitrogens with zero attached hydrogens (tertiary/aromatic N) is 3. The molecule has 1 aromatic rings. The van der Waals surface area contributed by atoms with Gasteiger partial charge in [-0.25, -0.2) is 15.8 Å². The number of nitrogens with two attached hydrogens (primary N) is 1. The van der Waals surface area contributed by atoms with E-state index in [-0.39, 0.29) is 0 Å². The SMILES string of the molecule is CCCc1c(NN)ncnc1N(CCC)CC1CC1.